The van der Waals surface area contributed by atoms with Gasteiger partial charge in [-0.1, -0.05) is 13.8 Å². The Hall–Kier alpha value is -2.34. The number of carboxylic acids is 1. The zero-order chi connectivity index (χ0) is 23.7. The number of amides is 4. The number of thioether (sulfide) groups is 1. The second-order valence-corrected chi connectivity index (χ2v) is 8.86. The number of carbonyl (C=O) groups excluding carboxylic acids is 4. The van der Waals surface area contributed by atoms with Crippen molar-refractivity contribution >= 4 is 41.4 Å². The second-order valence-electron chi connectivity index (χ2n) is 7.87. The lowest BCUT2D eigenvalue weighted by Gasteiger charge is -2.29. The molecular weight excluding hydrogens is 426 g/mol. The summed E-state index contributed by atoms with van der Waals surface area (Å²) in [5.41, 5.74) is 11.1. The summed E-state index contributed by atoms with van der Waals surface area (Å²) >= 11 is 1.46. The molecule has 0 aromatic heterocycles. The predicted octanol–water partition coefficient (Wildman–Crippen LogP) is -1.36. The molecule has 1 rings (SSSR count). The molecule has 0 bridgehead atoms. The zero-order valence-corrected chi connectivity index (χ0v) is 18.9. The van der Waals surface area contributed by atoms with Gasteiger partial charge in [-0.2, -0.15) is 11.8 Å². The molecule has 0 aromatic rings. The summed E-state index contributed by atoms with van der Waals surface area (Å²) in [6.45, 7) is 3.72. The summed E-state index contributed by atoms with van der Waals surface area (Å²) in [6.07, 6.45) is 2.50. The van der Waals surface area contributed by atoms with E-state index in [1.807, 2.05) is 6.26 Å². The van der Waals surface area contributed by atoms with Crippen molar-refractivity contribution in [3.63, 3.8) is 0 Å². The van der Waals surface area contributed by atoms with E-state index in [1.54, 1.807) is 13.8 Å². The molecule has 176 valence electrons. The Morgan fingerprint density at radius 2 is 1.81 bits per heavy atom. The van der Waals surface area contributed by atoms with E-state index in [9.17, 15) is 29.1 Å². The highest BCUT2D eigenvalue weighted by Gasteiger charge is 2.39. The minimum atomic E-state index is -1.25. The first-order valence-electron chi connectivity index (χ1n) is 10.2. The second kappa shape index (κ2) is 12.5. The van der Waals surface area contributed by atoms with Crippen molar-refractivity contribution in [2.24, 2.45) is 17.4 Å². The van der Waals surface area contributed by atoms with Gasteiger partial charge in [0.1, 0.15) is 18.1 Å². The highest BCUT2D eigenvalue weighted by Crippen LogP contribution is 2.20. The average Bonchev–Trinajstić information content (AvgIpc) is 3.18. The van der Waals surface area contributed by atoms with Gasteiger partial charge in [0.05, 0.1) is 12.5 Å². The maximum atomic E-state index is 13.1. The third-order valence-corrected chi connectivity index (χ3v) is 5.75. The van der Waals surface area contributed by atoms with Crippen molar-refractivity contribution in [2.45, 2.75) is 63.7 Å². The average molecular weight is 460 g/mol. The van der Waals surface area contributed by atoms with Crippen molar-refractivity contribution < 1.29 is 29.1 Å². The van der Waals surface area contributed by atoms with E-state index in [0.717, 1.165) is 0 Å². The van der Waals surface area contributed by atoms with Crippen LogP contribution in [0.1, 0.15) is 39.5 Å². The van der Waals surface area contributed by atoms with Crippen LogP contribution in [-0.4, -0.2) is 82.3 Å². The smallest absolute Gasteiger partial charge is 0.326 e. The van der Waals surface area contributed by atoms with Crippen LogP contribution < -0.4 is 22.1 Å². The standard InChI is InChI=1S/C19H33N5O6S/c1-10(2)15(21)17(27)23-12(9-14(20)25)18(28)24-7-4-5-13(24)16(26)22-11(19(29)30)6-8-31-3/h10-13,15H,4-9,21H2,1-3H3,(H2,20,25)(H,22,26)(H,23,27)(H,29,30). The molecule has 0 spiro atoms. The van der Waals surface area contributed by atoms with Crippen LogP contribution in [0, 0.1) is 5.92 Å². The fourth-order valence-corrected chi connectivity index (χ4v) is 3.71. The number of nitrogens with one attached hydrogen (secondary N) is 2. The predicted molar refractivity (Wildman–Crippen MR) is 116 cm³/mol. The van der Waals surface area contributed by atoms with E-state index in [1.165, 1.54) is 16.7 Å². The number of likely N-dealkylation sites (tertiary alicyclic amines) is 1. The summed E-state index contributed by atoms with van der Waals surface area (Å²) in [7, 11) is 0. The Labute approximate surface area is 186 Å². The van der Waals surface area contributed by atoms with Crippen LogP contribution in [0.5, 0.6) is 0 Å². The molecule has 4 amide bonds. The maximum Gasteiger partial charge on any atom is 0.326 e. The number of carbonyl (C=O) groups is 5. The molecule has 4 unspecified atom stereocenters. The first kappa shape index (κ1) is 26.7. The number of carboxylic acid groups (broad SMARTS) is 1. The van der Waals surface area contributed by atoms with Gasteiger partial charge in [0, 0.05) is 6.54 Å². The van der Waals surface area contributed by atoms with Crippen molar-refractivity contribution in [1.82, 2.24) is 15.5 Å². The Morgan fingerprint density at radius 1 is 1.16 bits per heavy atom. The highest BCUT2D eigenvalue weighted by atomic mass is 32.2. The van der Waals surface area contributed by atoms with Crippen molar-refractivity contribution in [2.75, 3.05) is 18.6 Å². The lowest BCUT2D eigenvalue weighted by Crippen LogP contribution is -2.58. The largest absolute Gasteiger partial charge is 0.480 e. The molecule has 1 aliphatic rings. The Morgan fingerprint density at radius 3 is 2.32 bits per heavy atom. The third-order valence-electron chi connectivity index (χ3n) is 5.10. The van der Waals surface area contributed by atoms with E-state index in [2.05, 4.69) is 10.6 Å². The molecule has 1 fully saturated rings. The summed E-state index contributed by atoms with van der Waals surface area (Å²) in [4.78, 5) is 62.3. The SMILES string of the molecule is CSCCC(NC(=O)C1CCCN1C(=O)C(CC(N)=O)NC(=O)C(N)C(C)C)C(=O)O. The normalized spacial score (nSPS) is 18.9. The van der Waals surface area contributed by atoms with Gasteiger partial charge in [0.25, 0.3) is 0 Å². The topological polar surface area (TPSA) is 185 Å². The molecule has 7 N–H and O–H groups in total. The van der Waals surface area contributed by atoms with Crippen molar-refractivity contribution in [3.8, 4) is 0 Å². The number of primary amides is 1. The van der Waals surface area contributed by atoms with Gasteiger partial charge < -0.3 is 32.1 Å². The molecule has 0 radical (unpaired) electrons. The number of rotatable bonds is 12. The quantitative estimate of drug-likeness (QED) is 0.237. The molecule has 11 nitrogen and oxygen atoms in total. The lowest BCUT2D eigenvalue weighted by molar-refractivity contribution is -0.145. The summed E-state index contributed by atoms with van der Waals surface area (Å²) in [5.74, 6) is -3.39. The Balaban J connectivity index is 2.95. The minimum Gasteiger partial charge on any atom is -0.480 e. The molecule has 1 heterocycles. The zero-order valence-electron chi connectivity index (χ0n) is 18.1. The molecule has 0 saturated carbocycles. The lowest BCUT2D eigenvalue weighted by atomic mass is 10.0. The molecule has 1 saturated heterocycles. The number of aliphatic carboxylic acids is 1. The van der Waals surface area contributed by atoms with Crippen LogP contribution in [-0.2, 0) is 24.0 Å². The molecule has 0 aromatic carbocycles. The van der Waals surface area contributed by atoms with Crippen LogP contribution in [0.4, 0.5) is 0 Å². The first-order chi connectivity index (χ1) is 14.5. The monoisotopic (exact) mass is 459 g/mol. The molecule has 0 aliphatic carbocycles. The number of hydrogen-bond acceptors (Lipinski definition) is 7. The van der Waals surface area contributed by atoms with Gasteiger partial charge in [-0.3, -0.25) is 19.2 Å². The van der Waals surface area contributed by atoms with Crippen molar-refractivity contribution in [3.05, 3.63) is 0 Å². The Kier molecular flexibility index (Phi) is 10.8. The summed E-state index contributed by atoms with van der Waals surface area (Å²) < 4.78 is 0. The molecule has 31 heavy (non-hydrogen) atoms. The Bertz CT molecular complexity index is 689. The first-order valence-corrected chi connectivity index (χ1v) is 11.6. The van der Waals surface area contributed by atoms with Crippen LogP contribution in [0.15, 0.2) is 0 Å². The van der Waals surface area contributed by atoms with Crippen molar-refractivity contribution in [1.29, 1.82) is 0 Å². The van der Waals surface area contributed by atoms with Gasteiger partial charge in [-0.15, -0.1) is 0 Å². The van der Waals surface area contributed by atoms with Gasteiger partial charge in [0.2, 0.25) is 23.6 Å². The van der Waals surface area contributed by atoms with E-state index in [0.29, 0.717) is 18.6 Å². The van der Waals surface area contributed by atoms with Gasteiger partial charge in [0.15, 0.2) is 0 Å². The molecular formula is C19H33N5O6S. The third kappa shape index (κ3) is 8.02. The van der Waals surface area contributed by atoms with Crippen LogP contribution >= 0.6 is 11.8 Å². The fourth-order valence-electron chi connectivity index (χ4n) is 3.24. The summed E-state index contributed by atoms with van der Waals surface area (Å²) in [6, 6.07) is -4.10. The summed E-state index contributed by atoms with van der Waals surface area (Å²) in [5, 5.41) is 14.3. The van der Waals surface area contributed by atoms with E-state index >= 15 is 0 Å². The maximum absolute atomic E-state index is 13.1. The van der Waals surface area contributed by atoms with Crippen LogP contribution in [0.2, 0.25) is 0 Å². The van der Waals surface area contributed by atoms with Gasteiger partial charge in [-0.05, 0) is 37.2 Å². The number of hydrogen-bond donors (Lipinski definition) is 5. The molecule has 1 aliphatic heterocycles. The van der Waals surface area contributed by atoms with Crippen LogP contribution in [0.25, 0.3) is 0 Å². The number of nitrogens with zero attached hydrogens (tertiary/aromatic N) is 1. The van der Waals surface area contributed by atoms with E-state index in [-0.39, 0.29) is 18.9 Å². The minimum absolute atomic E-state index is 0.191. The number of nitrogens with two attached hydrogens (primary N) is 2. The molecule has 4 atom stereocenters. The van der Waals surface area contributed by atoms with E-state index in [4.69, 9.17) is 11.5 Å². The van der Waals surface area contributed by atoms with Gasteiger partial charge in [-0.25, -0.2) is 4.79 Å². The van der Waals surface area contributed by atoms with E-state index < -0.39 is 60.2 Å². The fraction of sp³-hybridized carbons (Fsp3) is 0.737. The van der Waals surface area contributed by atoms with Gasteiger partial charge >= 0.3 is 5.97 Å². The molecule has 12 heteroatoms. The highest BCUT2D eigenvalue weighted by molar-refractivity contribution is 7.98. The van der Waals surface area contributed by atoms with Crippen LogP contribution in [0.3, 0.4) is 0 Å².